The van der Waals surface area contributed by atoms with E-state index >= 15 is 0 Å². The second kappa shape index (κ2) is 9.14. The lowest BCUT2D eigenvalue weighted by atomic mass is 9.89. The molecule has 4 nitrogen and oxygen atoms in total. The second-order valence-electron chi connectivity index (χ2n) is 6.68. The Morgan fingerprint density at radius 1 is 1.26 bits per heavy atom. The van der Waals surface area contributed by atoms with Crippen LogP contribution in [0.5, 0.6) is 5.75 Å². The van der Waals surface area contributed by atoms with Crippen LogP contribution in [0.2, 0.25) is 0 Å². The molecule has 1 atom stereocenters. The molecule has 1 aromatic carbocycles. The summed E-state index contributed by atoms with van der Waals surface area (Å²) in [6, 6.07) is 8.01. The number of ether oxygens (including phenoxy) is 1. The summed E-state index contributed by atoms with van der Waals surface area (Å²) in [4.78, 5) is 12.2. The molecule has 0 aliphatic carbocycles. The van der Waals surface area contributed by atoms with Crippen molar-refractivity contribution >= 4 is 18.3 Å². The van der Waals surface area contributed by atoms with Gasteiger partial charge in [-0.2, -0.15) is 0 Å². The zero-order valence-corrected chi connectivity index (χ0v) is 15.0. The van der Waals surface area contributed by atoms with Gasteiger partial charge in [0.15, 0.2) is 0 Å². The van der Waals surface area contributed by atoms with Crippen LogP contribution in [0.3, 0.4) is 0 Å². The van der Waals surface area contributed by atoms with Gasteiger partial charge in [-0.1, -0.05) is 31.0 Å². The number of rotatable bonds is 7. The Morgan fingerprint density at radius 2 is 1.96 bits per heavy atom. The number of unbranched alkanes of at least 4 members (excludes halogenated alkanes) is 3. The van der Waals surface area contributed by atoms with Crippen LogP contribution in [0.15, 0.2) is 24.3 Å². The molecule has 0 fully saturated rings. The summed E-state index contributed by atoms with van der Waals surface area (Å²) in [5, 5.41) is 3.18. The summed E-state index contributed by atoms with van der Waals surface area (Å²) in [5.74, 6) is 1.01. The fourth-order valence-corrected chi connectivity index (χ4v) is 2.98. The maximum atomic E-state index is 12.2. The normalized spacial score (nSPS) is 18.3. The summed E-state index contributed by atoms with van der Waals surface area (Å²) in [5.41, 5.74) is 6.30. The second-order valence-corrected chi connectivity index (χ2v) is 6.68. The first-order valence-electron chi connectivity index (χ1n) is 8.29. The van der Waals surface area contributed by atoms with E-state index in [2.05, 4.69) is 19.2 Å². The van der Waals surface area contributed by atoms with Crippen LogP contribution in [0.25, 0.3) is 0 Å². The highest BCUT2D eigenvalue weighted by atomic mass is 35.5. The molecule has 1 unspecified atom stereocenters. The lowest BCUT2D eigenvalue weighted by molar-refractivity contribution is -0.122. The minimum absolute atomic E-state index is 0. The number of hydrogen-bond acceptors (Lipinski definition) is 3. The minimum atomic E-state index is -0.257. The van der Waals surface area contributed by atoms with Crippen LogP contribution >= 0.6 is 12.4 Å². The topological polar surface area (TPSA) is 64.4 Å². The molecule has 1 aromatic rings. The van der Waals surface area contributed by atoms with Gasteiger partial charge in [0, 0.05) is 18.4 Å². The van der Waals surface area contributed by atoms with Crippen LogP contribution in [0.4, 0.5) is 0 Å². The summed E-state index contributed by atoms with van der Waals surface area (Å²) >= 11 is 0. The Balaban J connectivity index is 0.00000264. The highest BCUT2D eigenvalue weighted by molar-refractivity contribution is 5.85. The number of nitrogens with two attached hydrogens (primary N) is 1. The summed E-state index contributed by atoms with van der Waals surface area (Å²) in [6.45, 7) is 4.87. The van der Waals surface area contributed by atoms with E-state index < -0.39 is 0 Å². The van der Waals surface area contributed by atoms with E-state index in [-0.39, 0.29) is 30.0 Å². The van der Waals surface area contributed by atoms with Crippen molar-refractivity contribution in [1.29, 1.82) is 0 Å². The van der Waals surface area contributed by atoms with Gasteiger partial charge in [0.25, 0.3) is 0 Å². The van der Waals surface area contributed by atoms with Crippen LogP contribution in [0.1, 0.15) is 64.0 Å². The van der Waals surface area contributed by atoms with Crippen molar-refractivity contribution in [2.75, 3.05) is 6.54 Å². The Kier molecular flexibility index (Phi) is 7.86. The molecule has 1 amide bonds. The molecule has 1 heterocycles. The monoisotopic (exact) mass is 340 g/mol. The fourth-order valence-electron chi connectivity index (χ4n) is 2.98. The van der Waals surface area contributed by atoms with E-state index in [4.69, 9.17) is 10.5 Å². The molecule has 5 heteroatoms. The van der Waals surface area contributed by atoms with E-state index in [1.807, 2.05) is 24.3 Å². The van der Waals surface area contributed by atoms with Gasteiger partial charge < -0.3 is 15.8 Å². The number of hydrogen-bond donors (Lipinski definition) is 2. The molecule has 23 heavy (non-hydrogen) atoms. The number of nitrogens with one attached hydrogen (secondary N) is 1. The number of benzene rings is 1. The van der Waals surface area contributed by atoms with Crippen LogP contribution in [-0.2, 0) is 4.79 Å². The third kappa shape index (κ3) is 6.04. The van der Waals surface area contributed by atoms with Crippen molar-refractivity contribution < 1.29 is 9.53 Å². The van der Waals surface area contributed by atoms with Gasteiger partial charge in [-0.05, 0) is 39.3 Å². The molecule has 130 valence electrons. The fraction of sp³-hybridized carbons (Fsp3) is 0.611. The van der Waals surface area contributed by atoms with E-state index in [1.165, 1.54) is 0 Å². The SMILES string of the molecule is CC1(C)CC(NC(=O)CCCCCCN)c2ccccc2O1.Cl. The van der Waals surface area contributed by atoms with E-state index in [1.54, 1.807) is 0 Å². The minimum Gasteiger partial charge on any atom is -0.487 e. The molecule has 0 spiro atoms. The molecule has 1 aliphatic rings. The summed E-state index contributed by atoms with van der Waals surface area (Å²) in [7, 11) is 0. The average Bonchev–Trinajstić information content (AvgIpc) is 2.46. The van der Waals surface area contributed by atoms with Crippen molar-refractivity contribution in [3.05, 3.63) is 29.8 Å². The van der Waals surface area contributed by atoms with Crippen LogP contribution in [-0.4, -0.2) is 18.1 Å². The molecule has 0 aromatic heterocycles. The summed E-state index contributed by atoms with van der Waals surface area (Å²) in [6.07, 6.45) is 5.54. The summed E-state index contributed by atoms with van der Waals surface area (Å²) < 4.78 is 5.99. The van der Waals surface area contributed by atoms with Gasteiger partial charge in [-0.25, -0.2) is 0 Å². The Morgan fingerprint density at radius 3 is 2.70 bits per heavy atom. The first-order valence-corrected chi connectivity index (χ1v) is 8.29. The van der Waals surface area contributed by atoms with Gasteiger partial charge in [0.1, 0.15) is 11.4 Å². The van der Waals surface area contributed by atoms with Gasteiger partial charge in [-0.15, -0.1) is 12.4 Å². The van der Waals surface area contributed by atoms with Crippen molar-refractivity contribution in [2.45, 2.75) is 64.0 Å². The Hall–Kier alpha value is -1.26. The van der Waals surface area contributed by atoms with E-state index in [0.717, 1.165) is 50.0 Å². The van der Waals surface area contributed by atoms with Gasteiger partial charge in [0.2, 0.25) is 5.91 Å². The smallest absolute Gasteiger partial charge is 0.220 e. The maximum absolute atomic E-state index is 12.2. The lowest BCUT2D eigenvalue weighted by Crippen LogP contribution is -2.41. The standard InChI is InChI=1S/C18H28N2O2.ClH/c1-18(2)13-15(14-9-6-7-10-16(14)22-18)20-17(21)11-5-3-4-8-12-19;/h6-7,9-10,15H,3-5,8,11-13,19H2,1-2H3,(H,20,21);1H. The predicted octanol–water partition coefficient (Wildman–Crippen LogP) is 3.74. The van der Waals surface area contributed by atoms with Gasteiger partial charge >= 0.3 is 0 Å². The molecular formula is C18H29ClN2O2. The third-order valence-corrected chi connectivity index (χ3v) is 4.07. The number of amides is 1. The molecule has 1 aliphatic heterocycles. The van der Waals surface area contributed by atoms with Crippen molar-refractivity contribution in [2.24, 2.45) is 5.73 Å². The zero-order chi connectivity index (χ0) is 16.0. The predicted molar refractivity (Wildman–Crippen MR) is 96.0 cm³/mol. The Bertz CT molecular complexity index is 506. The van der Waals surface area contributed by atoms with Crippen molar-refractivity contribution in [3.63, 3.8) is 0 Å². The number of carbonyl (C=O) groups excluding carboxylic acids is 1. The van der Waals surface area contributed by atoms with Crippen molar-refractivity contribution in [1.82, 2.24) is 5.32 Å². The van der Waals surface area contributed by atoms with Crippen molar-refractivity contribution in [3.8, 4) is 5.75 Å². The number of carbonyl (C=O) groups is 1. The average molecular weight is 341 g/mol. The zero-order valence-electron chi connectivity index (χ0n) is 14.1. The van der Waals surface area contributed by atoms with E-state index in [9.17, 15) is 4.79 Å². The lowest BCUT2D eigenvalue weighted by Gasteiger charge is -2.37. The molecule has 0 radical (unpaired) electrons. The molecule has 0 saturated carbocycles. The van der Waals surface area contributed by atoms with Gasteiger partial charge in [0.05, 0.1) is 6.04 Å². The number of halogens is 1. The largest absolute Gasteiger partial charge is 0.487 e. The molecular weight excluding hydrogens is 312 g/mol. The quantitative estimate of drug-likeness (QED) is 0.743. The van der Waals surface area contributed by atoms with Crippen LogP contribution in [0, 0.1) is 0 Å². The number of para-hydroxylation sites is 1. The molecule has 0 bridgehead atoms. The first-order chi connectivity index (χ1) is 10.5. The van der Waals surface area contributed by atoms with Gasteiger partial charge in [-0.3, -0.25) is 4.79 Å². The molecule has 2 rings (SSSR count). The Labute approximate surface area is 145 Å². The molecule has 3 N–H and O–H groups in total. The molecule has 0 saturated heterocycles. The third-order valence-electron chi connectivity index (χ3n) is 4.07. The van der Waals surface area contributed by atoms with E-state index in [0.29, 0.717) is 6.42 Å². The highest BCUT2D eigenvalue weighted by Gasteiger charge is 2.34. The van der Waals surface area contributed by atoms with Crippen LogP contribution < -0.4 is 15.8 Å². The highest BCUT2D eigenvalue weighted by Crippen LogP contribution is 2.39. The number of fused-ring (bicyclic) bond motifs is 1. The maximum Gasteiger partial charge on any atom is 0.220 e. The first kappa shape index (κ1) is 19.8.